The third-order valence-corrected chi connectivity index (χ3v) is 4.69. The molecular weight excluding hydrogens is 372 g/mol. The fourth-order valence-electron chi connectivity index (χ4n) is 2.92. The van der Waals surface area contributed by atoms with Crippen molar-refractivity contribution in [2.24, 2.45) is 7.05 Å². The first-order chi connectivity index (χ1) is 12.8. The fourth-order valence-corrected chi connectivity index (χ4v) is 3.16. The highest BCUT2D eigenvalue weighted by atomic mass is 35.5. The van der Waals surface area contributed by atoms with E-state index in [1.165, 1.54) is 20.8 Å². The number of halogens is 1. The molecule has 8 nitrogen and oxygen atoms in total. The maximum atomic E-state index is 12.5. The van der Waals surface area contributed by atoms with Crippen molar-refractivity contribution in [3.63, 3.8) is 0 Å². The molecule has 1 saturated heterocycles. The number of hydrazine groups is 1. The van der Waals surface area contributed by atoms with E-state index in [-0.39, 0.29) is 30.6 Å². The van der Waals surface area contributed by atoms with E-state index in [4.69, 9.17) is 16.3 Å². The maximum absolute atomic E-state index is 12.5. The Morgan fingerprint density at radius 3 is 2.56 bits per heavy atom. The second-order valence-corrected chi connectivity index (χ2v) is 6.60. The summed E-state index contributed by atoms with van der Waals surface area (Å²) in [6.07, 6.45) is 4.53. The summed E-state index contributed by atoms with van der Waals surface area (Å²) in [5.41, 5.74) is 1.40. The van der Waals surface area contributed by atoms with Gasteiger partial charge in [0.2, 0.25) is 5.91 Å². The van der Waals surface area contributed by atoms with Gasteiger partial charge in [-0.25, -0.2) is 5.01 Å². The molecular formula is C18H25ClN4O4. The molecule has 0 unspecified atom stereocenters. The third kappa shape index (κ3) is 5.32. The summed E-state index contributed by atoms with van der Waals surface area (Å²) in [7, 11) is 1.73. The fraction of sp³-hybridized carbons (Fsp3) is 0.556. The second-order valence-electron chi connectivity index (χ2n) is 6.24. The van der Waals surface area contributed by atoms with Gasteiger partial charge in [0.25, 0.3) is 5.91 Å². The molecule has 27 heavy (non-hydrogen) atoms. The van der Waals surface area contributed by atoms with Gasteiger partial charge in [0.05, 0.1) is 12.3 Å². The normalized spacial score (nSPS) is 14.2. The Morgan fingerprint density at radius 2 is 1.93 bits per heavy atom. The molecule has 1 aliphatic rings. The SMILES string of the molecule is CCOC(=O)CCCC(=O)N1CCCN1C(=O)C=Cc1c(C)nn(C)c1Cl. The van der Waals surface area contributed by atoms with Crippen LogP contribution in [0.1, 0.15) is 43.9 Å². The molecule has 1 fully saturated rings. The number of carbonyl (C=O) groups excluding carboxylic acids is 3. The quantitative estimate of drug-likeness (QED) is 0.520. The number of aromatic nitrogens is 2. The van der Waals surface area contributed by atoms with Crippen LogP contribution in [-0.4, -0.2) is 57.3 Å². The van der Waals surface area contributed by atoms with Crippen molar-refractivity contribution < 1.29 is 19.1 Å². The zero-order valence-electron chi connectivity index (χ0n) is 15.9. The number of hydrogen-bond acceptors (Lipinski definition) is 5. The van der Waals surface area contributed by atoms with Crippen molar-refractivity contribution in [3.05, 3.63) is 22.5 Å². The van der Waals surface area contributed by atoms with E-state index in [0.29, 0.717) is 36.8 Å². The molecule has 0 spiro atoms. The molecule has 0 aliphatic carbocycles. The van der Waals surface area contributed by atoms with Gasteiger partial charge in [-0.15, -0.1) is 0 Å². The van der Waals surface area contributed by atoms with Crippen LogP contribution in [0.2, 0.25) is 5.15 Å². The number of amides is 2. The van der Waals surface area contributed by atoms with Crippen molar-refractivity contribution >= 4 is 35.5 Å². The molecule has 0 radical (unpaired) electrons. The lowest BCUT2D eigenvalue weighted by Gasteiger charge is -2.27. The van der Waals surface area contributed by atoms with Gasteiger partial charge in [-0.1, -0.05) is 11.6 Å². The van der Waals surface area contributed by atoms with Crippen LogP contribution < -0.4 is 0 Å². The Hall–Kier alpha value is -2.35. The lowest BCUT2D eigenvalue weighted by atomic mass is 10.2. The summed E-state index contributed by atoms with van der Waals surface area (Å²) in [4.78, 5) is 36.3. The van der Waals surface area contributed by atoms with E-state index < -0.39 is 0 Å². The minimum absolute atomic E-state index is 0.172. The lowest BCUT2D eigenvalue weighted by molar-refractivity contribution is -0.155. The molecule has 1 aromatic heterocycles. The summed E-state index contributed by atoms with van der Waals surface area (Å²) in [6.45, 7) is 4.85. The summed E-state index contributed by atoms with van der Waals surface area (Å²) < 4.78 is 6.39. The van der Waals surface area contributed by atoms with Gasteiger partial charge in [-0.05, 0) is 32.8 Å². The molecule has 0 N–H and O–H groups in total. The molecule has 0 aromatic carbocycles. The van der Waals surface area contributed by atoms with Gasteiger partial charge in [-0.2, -0.15) is 5.10 Å². The third-order valence-electron chi connectivity index (χ3n) is 4.24. The van der Waals surface area contributed by atoms with Crippen molar-refractivity contribution in [2.45, 2.75) is 39.5 Å². The Kier molecular flexibility index (Phi) is 7.41. The monoisotopic (exact) mass is 396 g/mol. The average molecular weight is 397 g/mol. The van der Waals surface area contributed by atoms with E-state index in [9.17, 15) is 14.4 Å². The Labute approximate surface area is 163 Å². The molecule has 148 valence electrons. The molecule has 1 aliphatic heterocycles. The maximum Gasteiger partial charge on any atom is 0.305 e. The Bertz CT molecular complexity index is 744. The van der Waals surface area contributed by atoms with Gasteiger partial charge in [0, 0.05) is 44.6 Å². The van der Waals surface area contributed by atoms with Gasteiger partial charge in [0.15, 0.2) is 0 Å². The van der Waals surface area contributed by atoms with Crippen LogP contribution >= 0.6 is 11.6 Å². The van der Waals surface area contributed by atoms with E-state index in [1.54, 1.807) is 20.0 Å². The summed E-state index contributed by atoms with van der Waals surface area (Å²) in [5, 5.41) is 7.53. The first-order valence-electron chi connectivity index (χ1n) is 8.99. The molecule has 0 saturated carbocycles. The zero-order valence-corrected chi connectivity index (χ0v) is 16.7. The van der Waals surface area contributed by atoms with Crippen LogP contribution in [0.25, 0.3) is 6.08 Å². The topological polar surface area (TPSA) is 84.7 Å². The molecule has 2 amide bonds. The van der Waals surface area contributed by atoms with Crippen molar-refractivity contribution in [1.82, 2.24) is 19.8 Å². The van der Waals surface area contributed by atoms with Crippen LogP contribution in [0.15, 0.2) is 6.08 Å². The Balaban J connectivity index is 1.94. The smallest absolute Gasteiger partial charge is 0.305 e. The first-order valence-corrected chi connectivity index (χ1v) is 9.37. The van der Waals surface area contributed by atoms with Gasteiger partial charge < -0.3 is 4.74 Å². The molecule has 0 atom stereocenters. The first kappa shape index (κ1) is 21.0. The predicted molar refractivity (Wildman–Crippen MR) is 101 cm³/mol. The standard InChI is InChI=1S/C18H25ClN4O4/c1-4-27-17(26)8-5-7-15(24)22-11-6-12-23(22)16(25)10-9-14-13(2)20-21(3)18(14)19/h9-10H,4-8,11-12H2,1-3H3. The lowest BCUT2D eigenvalue weighted by Crippen LogP contribution is -2.44. The molecule has 1 aromatic rings. The summed E-state index contributed by atoms with van der Waals surface area (Å²) in [5.74, 6) is -0.772. The number of aryl methyl sites for hydroxylation is 2. The van der Waals surface area contributed by atoms with E-state index in [2.05, 4.69) is 5.10 Å². The average Bonchev–Trinajstić information content (AvgIpc) is 3.19. The molecule has 2 heterocycles. The number of esters is 1. The van der Waals surface area contributed by atoms with E-state index in [1.807, 2.05) is 6.92 Å². The van der Waals surface area contributed by atoms with Crippen LogP contribution in [0.3, 0.4) is 0 Å². The summed E-state index contributed by atoms with van der Waals surface area (Å²) in [6, 6.07) is 0. The van der Waals surface area contributed by atoms with Crippen LogP contribution in [0.5, 0.6) is 0 Å². The predicted octanol–water partition coefficient (Wildman–Crippen LogP) is 2.10. The molecule has 9 heteroatoms. The highest BCUT2D eigenvalue weighted by Gasteiger charge is 2.29. The van der Waals surface area contributed by atoms with E-state index in [0.717, 1.165) is 12.1 Å². The van der Waals surface area contributed by atoms with Gasteiger partial charge >= 0.3 is 5.97 Å². The molecule has 0 bridgehead atoms. The van der Waals surface area contributed by atoms with Crippen molar-refractivity contribution in [1.29, 1.82) is 0 Å². The minimum atomic E-state index is -0.314. The highest BCUT2D eigenvalue weighted by molar-refractivity contribution is 6.31. The zero-order chi connectivity index (χ0) is 20.0. The number of carbonyl (C=O) groups is 3. The van der Waals surface area contributed by atoms with E-state index >= 15 is 0 Å². The van der Waals surface area contributed by atoms with Gasteiger partial charge in [0.1, 0.15) is 5.15 Å². The van der Waals surface area contributed by atoms with Crippen LogP contribution in [0, 0.1) is 6.92 Å². The number of ether oxygens (including phenoxy) is 1. The van der Waals surface area contributed by atoms with Crippen molar-refractivity contribution in [2.75, 3.05) is 19.7 Å². The molecule has 2 rings (SSSR count). The van der Waals surface area contributed by atoms with Crippen LogP contribution in [0.4, 0.5) is 0 Å². The highest BCUT2D eigenvalue weighted by Crippen LogP contribution is 2.21. The number of hydrogen-bond donors (Lipinski definition) is 0. The second kappa shape index (κ2) is 9.55. The largest absolute Gasteiger partial charge is 0.466 e. The number of rotatable bonds is 7. The van der Waals surface area contributed by atoms with Gasteiger partial charge in [-0.3, -0.25) is 24.1 Å². The Morgan fingerprint density at radius 1 is 1.22 bits per heavy atom. The van der Waals surface area contributed by atoms with Crippen LogP contribution in [-0.2, 0) is 26.2 Å². The summed E-state index contributed by atoms with van der Waals surface area (Å²) >= 11 is 6.16. The number of nitrogens with zero attached hydrogens (tertiary/aromatic N) is 4. The minimum Gasteiger partial charge on any atom is -0.466 e. The van der Waals surface area contributed by atoms with Crippen molar-refractivity contribution in [3.8, 4) is 0 Å².